The Labute approximate surface area is 102 Å². The standard InChI is InChI=1S/C12H18N2OS/c1-10(2)15-9-8-13-12(16)14-11-6-4-3-5-7-11/h3-7,10H,8-9H2,1-2H3,(H2,13,14,16). The van der Waals surface area contributed by atoms with E-state index in [4.69, 9.17) is 17.0 Å². The maximum absolute atomic E-state index is 5.39. The average molecular weight is 238 g/mol. The summed E-state index contributed by atoms with van der Waals surface area (Å²) in [6.07, 6.45) is 0.262. The van der Waals surface area contributed by atoms with E-state index in [2.05, 4.69) is 10.6 Å². The molecule has 0 bridgehead atoms. The molecule has 88 valence electrons. The van der Waals surface area contributed by atoms with Gasteiger partial charge in [0.2, 0.25) is 0 Å². The van der Waals surface area contributed by atoms with Gasteiger partial charge >= 0.3 is 0 Å². The fourth-order valence-electron chi connectivity index (χ4n) is 1.16. The van der Waals surface area contributed by atoms with Crippen molar-refractivity contribution < 1.29 is 4.74 Å². The van der Waals surface area contributed by atoms with E-state index in [0.717, 1.165) is 12.2 Å². The first-order chi connectivity index (χ1) is 7.68. The van der Waals surface area contributed by atoms with E-state index in [-0.39, 0.29) is 6.10 Å². The van der Waals surface area contributed by atoms with Crippen LogP contribution in [0.1, 0.15) is 13.8 Å². The first kappa shape index (κ1) is 12.9. The first-order valence-corrected chi connectivity index (χ1v) is 5.81. The number of anilines is 1. The summed E-state index contributed by atoms with van der Waals surface area (Å²) in [5.74, 6) is 0. The Hall–Kier alpha value is -1.13. The van der Waals surface area contributed by atoms with Gasteiger partial charge in [0.1, 0.15) is 0 Å². The van der Waals surface area contributed by atoms with Gasteiger partial charge in [-0.25, -0.2) is 0 Å². The molecule has 1 aromatic carbocycles. The Kier molecular flexibility index (Phi) is 5.82. The van der Waals surface area contributed by atoms with Crippen LogP contribution in [0.2, 0.25) is 0 Å². The molecular formula is C12H18N2OS. The first-order valence-electron chi connectivity index (χ1n) is 5.40. The van der Waals surface area contributed by atoms with E-state index in [0.29, 0.717) is 11.7 Å². The summed E-state index contributed by atoms with van der Waals surface area (Å²) in [4.78, 5) is 0. The van der Waals surface area contributed by atoms with Gasteiger partial charge in [0, 0.05) is 12.2 Å². The largest absolute Gasteiger partial charge is 0.377 e. The second-order valence-corrected chi connectivity index (χ2v) is 4.07. The maximum atomic E-state index is 5.39. The lowest BCUT2D eigenvalue weighted by atomic mass is 10.3. The lowest BCUT2D eigenvalue weighted by Crippen LogP contribution is -2.31. The number of para-hydroxylation sites is 1. The number of nitrogens with one attached hydrogen (secondary N) is 2. The van der Waals surface area contributed by atoms with Crippen LogP contribution in [-0.4, -0.2) is 24.4 Å². The molecule has 1 aromatic rings. The minimum atomic E-state index is 0.262. The molecule has 2 N–H and O–H groups in total. The van der Waals surface area contributed by atoms with Gasteiger partial charge in [-0.05, 0) is 38.2 Å². The molecule has 0 spiro atoms. The van der Waals surface area contributed by atoms with Crippen molar-refractivity contribution in [3.63, 3.8) is 0 Å². The molecule has 16 heavy (non-hydrogen) atoms. The molecule has 0 aliphatic carbocycles. The summed E-state index contributed by atoms with van der Waals surface area (Å²) in [5, 5.41) is 6.80. The van der Waals surface area contributed by atoms with Crippen molar-refractivity contribution in [2.45, 2.75) is 20.0 Å². The third-order valence-electron chi connectivity index (χ3n) is 1.87. The Morgan fingerprint density at radius 1 is 1.31 bits per heavy atom. The third-order valence-corrected chi connectivity index (χ3v) is 2.12. The highest BCUT2D eigenvalue weighted by Gasteiger charge is 1.97. The van der Waals surface area contributed by atoms with E-state index < -0.39 is 0 Å². The van der Waals surface area contributed by atoms with E-state index in [1.165, 1.54) is 0 Å². The molecular weight excluding hydrogens is 220 g/mol. The van der Waals surface area contributed by atoms with Crippen LogP contribution in [-0.2, 0) is 4.74 Å². The Morgan fingerprint density at radius 2 is 2.00 bits per heavy atom. The minimum absolute atomic E-state index is 0.262. The van der Waals surface area contributed by atoms with Crippen LogP contribution in [0.3, 0.4) is 0 Å². The molecule has 0 unspecified atom stereocenters. The molecule has 0 heterocycles. The topological polar surface area (TPSA) is 33.3 Å². The fourth-order valence-corrected chi connectivity index (χ4v) is 1.38. The maximum Gasteiger partial charge on any atom is 0.170 e. The van der Waals surface area contributed by atoms with Crippen LogP contribution in [0.25, 0.3) is 0 Å². The van der Waals surface area contributed by atoms with Gasteiger partial charge in [0.15, 0.2) is 5.11 Å². The molecule has 0 atom stereocenters. The summed E-state index contributed by atoms with van der Waals surface area (Å²) >= 11 is 5.14. The van der Waals surface area contributed by atoms with Gasteiger partial charge in [-0.15, -0.1) is 0 Å². The van der Waals surface area contributed by atoms with Crippen molar-refractivity contribution in [1.29, 1.82) is 0 Å². The molecule has 4 heteroatoms. The molecule has 0 aliphatic heterocycles. The van der Waals surface area contributed by atoms with Crippen molar-refractivity contribution in [3.8, 4) is 0 Å². The quantitative estimate of drug-likeness (QED) is 0.609. The van der Waals surface area contributed by atoms with Crippen molar-refractivity contribution in [2.75, 3.05) is 18.5 Å². The fraction of sp³-hybridized carbons (Fsp3) is 0.417. The van der Waals surface area contributed by atoms with E-state index in [1.807, 2.05) is 44.2 Å². The third kappa shape index (κ3) is 5.68. The summed E-state index contributed by atoms with van der Waals surface area (Å²) in [6.45, 7) is 5.41. The van der Waals surface area contributed by atoms with Gasteiger partial charge < -0.3 is 15.4 Å². The Bertz CT molecular complexity index is 314. The predicted molar refractivity (Wildman–Crippen MR) is 71.8 cm³/mol. The molecule has 0 aliphatic rings. The predicted octanol–water partition coefficient (Wildman–Crippen LogP) is 2.40. The zero-order chi connectivity index (χ0) is 11.8. The SMILES string of the molecule is CC(C)OCCNC(=S)Nc1ccccc1. The Morgan fingerprint density at radius 3 is 2.62 bits per heavy atom. The second-order valence-electron chi connectivity index (χ2n) is 3.67. The summed E-state index contributed by atoms with van der Waals surface area (Å²) in [5.41, 5.74) is 0.991. The van der Waals surface area contributed by atoms with Gasteiger partial charge in [0.05, 0.1) is 12.7 Å². The van der Waals surface area contributed by atoms with Crippen molar-refractivity contribution in [1.82, 2.24) is 5.32 Å². The lowest BCUT2D eigenvalue weighted by molar-refractivity contribution is 0.0831. The minimum Gasteiger partial charge on any atom is -0.377 e. The van der Waals surface area contributed by atoms with Gasteiger partial charge in [0.25, 0.3) is 0 Å². The highest BCUT2D eigenvalue weighted by atomic mass is 32.1. The van der Waals surface area contributed by atoms with Gasteiger partial charge in [-0.2, -0.15) is 0 Å². The molecule has 0 amide bonds. The lowest BCUT2D eigenvalue weighted by Gasteiger charge is -2.11. The van der Waals surface area contributed by atoms with Crippen LogP contribution >= 0.6 is 12.2 Å². The van der Waals surface area contributed by atoms with E-state index in [9.17, 15) is 0 Å². The Balaban J connectivity index is 2.17. The van der Waals surface area contributed by atoms with Crippen LogP contribution in [0.5, 0.6) is 0 Å². The molecule has 0 radical (unpaired) electrons. The molecule has 3 nitrogen and oxygen atoms in total. The molecule has 0 saturated heterocycles. The smallest absolute Gasteiger partial charge is 0.170 e. The summed E-state index contributed by atoms with van der Waals surface area (Å²) in [6, 6.07) is 9.84. The number of benzene rings is 1. The monoisotopic (exact) mass is 238 g/mol. The van der Waals surface area contributed by atoms with E-state index >= 15 is 0 Å². The highest BCUT2D eigenvalue weighted by molar-refractivity contribution is 7.80. The van der Waals surface area contributed by atoms with Crippen molar-refractivity contribution >= 4 is 23.0 Å². The van der Waals surface area contributed by atoms with Crippen molar-refractivity contribution in [2.24, 2.45) is 0 Å². The van der Waals surface area contributed by atoms with Crippen LogP contribution in [0, 0.1) is 0 Å². The average Bonchev–Trinajstić information content (AvgIpc) is 2.25. The number of hydrogen-bond acceptors (Lipinski definition) is 2. The van der Waals surface area contributed by atoms with Crippen LogP contribution < -0.4 is 10.6 Å². The normalized spacial score (nSPS) is 10.2. The highest BCUT2D eigenvalue weighted by Crippen LogP contribution is 2.03. The van der Waals surface area contributed by atoms with Crippen LogP contribution in [0.4, 0.5) is 5.69 Å². The molecule has 1 rings (SSSR count). The zero-order valence-corrected chi connectivity index (χ0v) is 10.5. The second kappa shape index (κ2) is 7.19. The van der Waals surface area contributed by atoms with Crippen molar-refractivity contribution in [3.05, 3.63) is 30.3 Å². The number of hydrogen-bond donors (Lipinski definition) is 2. The molecule has 0 saturated carbocycles. The van der Waals surface area contributed by atoms with Crippen LogP contribution in [0.15, 0.2) is 30.3 Å². The molecule has 0 aromatic heterocycles. The number of thiocarbonyl (C=S) groups is 1. The number of rotatable bonds is 5. The number of ether oxygens (including phenoxy) is 1. The molecule has 0 fully saturated rings. The van der Waals surface area contributed by atoms with Gasteiger partial charge in [-0.3, -0.25) is 0 Å². The zero-order valence-electron chi connectivity index (χ0n) is 9.69. The summed E-state index contributed by atoms with van der Waals surface area (Å²) in [7, 11) is 0. The van der Waals surface area contributed by atoms with Gasteiger partial charge in [-0.1, -0.05) is 18.2 Å². The van der Waals surface area contributed by atoms with E-state index in [1.54, 1.807) is 0 Å². The summed E-state index contributed by atoms with van der Waals surface area (Å²) < 4.78 is 5.39.